The van der Waals surface area contributed by atoms with E-state index in [-0.39, 0.29) is 28.5 Å². The van der Waals surface area contributed by atoms with Crippen LogP contribution in [0.5, 0.6) is 0 Å². The zero-order valence-electron chi connectivity index (χ0n) is 15.8. The SMILES string of the molecule is CC(C)(C)[Si](C)(C)OCC(N)CO[Si](C)(C)C(C)(C)C.Cl. The molecule has 2 N–H and O–H groups in total. The third kappa shape index (κ3) is 7.61. The molecular weight excluding hydrogens is 318 g/mol. The van der Waals surface area contributed by atoms with Crippen LogP contribution in [0.25, 0.3) is 0 Å². The Labute approximate surface area is 141 Å². The Hall–Kier alpha value is 0.604. The first-order chi connectivity index (χ1) is 8.60. The Morgan fingerprint density at radius 2 is 1.00 bits per heavy atom. The molecule has 6 heteroatoms. The van der Waals surface area contributed by atoms with E-state index >= 15 is 0 Å². The van der Waals surface area contributed by atoms with Crippen molar-refractivity contribution in [1.82, 2.24) is 0 Å². The third-order valence-corrected chi connectivity index (χ3v) is 13.9. The van der Waals surface area contributed by atoms with Crippen LogP contribution < -0.4 is 5.73 Å². The number of rotatable bonds is 6. The predicted molar refractivity (Wildman–Crippen MR) is 102 cm³/mol. The molecule has 0 saturated heterocycles. The molecule has 0 aliphatic rings. The highest BCUT2D eigenvalue weighted by atomic mass is 35.5. The number of halogens is 1. The summed E-state index contributed by atoms with van der Waals surface area (Å²) in [6, 6.07) is -0.0294. The predicted octanol–water partition coefficient (Wildman–Crippen LogP) is 4.78. The van der Waals surface area contributed by atoms with E-state index in [4.69, 9.17) is 14.6 Å². The van der Waals surface area contributed by atoms with Crippen LogP contribution in [-0.4, -0.2) is 35.9 Å². The molecule has 0 heterocycles. The van der Waals surface area contributed by atoms with E-state index in [0.29, 0.717) is 13.2 Å². The molecule has 21 heavy (non-hydrogen) atoms. The highest BCUT2D eigenvalue weighted by Crippen LogP contribution is 2.37. The minimum absolute atomic E-state index is 0. The van der Waals surface area contributed by atoms with Crippen LogP contribution in [0.3, 0.4) is 0 Å². The van der Waals surface area contributed by atoms with Crippen molar-refractivity contribution in [3.8, 4) is 0 Å². The summed E-state index contributed by atoms with van der Waals surface area (Å²) >= 11 is 0. The van der Waals surface area contributed by atoms with Crippen molar-refractivity contribution in [1.29, 1.82) is 0 Å². The molecule has 0 fully saturated rings. The Morgan fingerprint density at radius 3 is 1.19 bits per heavy atom. The van der Waals surface area contributed by atoms with E-state index in [1.807, 2.05) is 0 Å². The van der Waals surface area contributed by atoms with Gasteiger partial charge in [-0.1, -0.05) is 41.5 Å². The first-order valence-electron chi connectivity index (χ1n) is 7.64. The van der Waals surface area contributed by atoms with Crippen molar-refractivity contribution in [2.24, 2.45) is 5.73 Å². The summed E-state index contributed by atoms with van der Waals surface area (Å²) in [4.78, 5) is 0. The molecule has 0 atom stereocenters. The van der Waals surface area contributed by atoms with Crippen molar-refractivity contribution in [2.45, 2.75) is 83.8 Å². The second kappa shape index (κ2) is 7.93. The van der Waals surface area contributed by atoms with Gasteiger partial charge in [-0.15, -0.1) is 12.4 Å². The molecule has 0 aliphatic heterocycles. The van der Waals surface area contributed by atoms with Crippen LogP contribution in [0.1, 0.15) is 41.5 Å². The van der Waals surface area contributed by atoms with Gasteiger partial charge in [-0.3, -0.25) is 0 Å². The minimum atomic E-state index is -1.70. The van der Waals surface area contributed by atoms with Crippen molar-refractivity contribution >= 4 is 29.0 Å². The van der Waals surface area contributed by atoms with Gasteiger partial charge in [0.15, 0.2) is 16.6 Å². The Bertz CT molecular complexity index is 280. The third-order valence-electron chi connectivity index (χ3n) is 4.93. The van der Waals surface area contributed by atoms with Crippen molar-refractivity contribution in [2.75, 3.05) is 13.2 Å². The van der Waals surface area contributed by atoms with Crippen LogP contribution in [0.15, 0.2) is 0 Å². The summed E-state index contributed by atoms with van der Waals surface area (Å²) in [5.41, 5.74) is 6.17. The molecule has 0 aromatic carbocycles. The lowest BCUT2D eigenvalue weighted by Crippen LogP contribution is -2.47. The van der Waals surface area contributed by atoms with Gasteiger partial charge in [-0.25, -0.2) is 0 Å². The Morgan fingerprint density at radius 1 is 0.762 bits per heavy atom. The summed E-state index contributed by atoms with van der Waals surface area (Å²) in [6.45, 7) is 23.7. The Kier molecular flexibility index (Phi) is 9.01. The Balaban J connectivity index is 0. The van der Waals surface area contributed by atoms with Gasteiger partial charge < -0.3 is 14.6 Å². The molecule has 0 bridgehead atoms. The van der Waals surface area contributed by atoms with E-state index in [2.05, 4.69) is 67.7 Å². The topological polar surface area (TPSA) is 44.5 Å². The lowest BCUT2D eigenvalue weighted by Gasteiger charge is -2.38. The van der Waals surface area contributed by atoms with Gasteiger partial charge in [0, 0.05) is 6.04 Å². The maximum Gasteiger partial charge on any atom is 0.192 e. The number of nitrogens with two attached hydrogens (primary N) is 1. The second-order valence-electron chi connectivity index (χ2n) is 8.90. The average molecular weight is 356 g/mol. The van der Waals surface area contributed by atoms with E-state index in [9.17, 15) is 0 Å². The molecule has 0 spiro atoms. The molecule has 0 unspecified atom stereocenters. The molecule has 0 aromatic rings. The van der Waals surface area contributed by atoms with E-state index in [1.54, 1.807) is 0 Å². The van der Waals surface area contributed by atoms with Gasteiger partial charge in [0.2, 0.25) is 0 Å². The second-order valence-corrected chi connectivity index (χ2v) is 18.5. The van der Waals surface area contributed by atoms with Crippen LogP contribution in [0.4, 0.5) is 0 Å². The lowest BCUT2D eigenvalue weighted by molar-refractivity contribution is 0.198. The van der Waals surface area contributed by atoms with Gasteiger partial charge in [-0.05, 0) is 36.3 Å². The highest BCUT2D eigenvalue weighted by Gasteiger charge is 2.39. The maximum atomic E-state index is 6.17. The number of hydrogen-bond donors (Lipinski definition) is 1. The van der Waals surface area contributed by atoms with Crippen molar-refractivity contribution in [3.63, 3.8) is 0 Å². The molecule has 0 amide bonds. The van der Waals surface area contributed by atoms with Crippen molar-refractivity contribution < 1.29 is 8.85 Å². The molecule has 3 nitrogen and oxygen atoms in total. The first-order valence-corrected chi connectivity index (χ1v) is 13.5. The number of hydrogen-bond acceptors (Lipinski definition) is 3. The molecular formula is C15H38ClNO2Si2. The fourth-order valence-electron chi connectivity index (χ4n) is 1.11. The summed E-state index contributed by atoms with van der Waals surface area (Å²) in [5.74, 6) is 0. The van der Waals surface area contributed by atoms with Crippen LogP contribution in [0, 0.1) is 0 Å². The summed E-state index contributed by atoms with van der Waals surface area (Å²) in [6.07, 6.45) is 0. The summed E-state index contributed by atoms with van der Waals surface area (Å²) in [7, 11) is -3.41. The molecule has 130 valence electrons. The van der Waals surface area contributed by atoms with Gasteiger partial charge in [0.25, 0.3) is 0 Å². The van der Waals surface area contributed by atoms with Gasteiger partial charge in [0.1, 0.15) is 0 Å². The molecule has 0 rings (SSSR count). The van der Waals surface area contributed by atoms with E-state index in [0.717, 1.165) is 0 Å². The average Bonchev–Trinajstić information content (AvgIpc) is 2.20. The standard InChI is InChI=1S/C15H37NO2Si2.ClH/c1-14(2,3)19(7,8)17-11-13(16)12-18-20(9,10)15(4,5)6;/h13H,11-12,16H2,1-10H3;1H. The monoisotopic (exact) mass is 355 g/mol. The molecule has 0 saturated carbocycles. The highest BCUT2D eigenvalue weighted by molar-refractivity contribution is 6.74. The maximum absolute atomic E-state index is 6.17. The molecule has 0 radical (unpaired) electrons. The lowest BCUT2D eigenvalue weighted by atomic mass is 10.2. The van der Waals surface area contributed by atoms with Crippen LogP contribution >= 0.6 is 12.4 Å². The molecule has 0 aliphatic carbocycles. The van der Waals surface area contributed by atoms with Crippen LogP contribution in [0.2, 0.25) is 36.3 Å². The van der Waals surface area contributed by atoms with E-state index in [1.165, 1.54) is 0 Å². The molecule has 0 aromatic heterocycles. The summed E-state index contributed by atoms with van der Waals surface area (Å²) < 4.78 is 12.3. The quantitative estimate of drug-likeness (QED) is 0.697. The van der Waals surface area contributed by atoms with Gasteiger partial charge >= 0.3 is 0 Å². The zero-order valence-corrected chi connectivity index (χ0v) is 18.6. The van der Waals surface area contributed by atoms with Crippen molar-refractivity contribution in [3.05, 3.63) is 0 Å². The van der Waals surface area contributed by atoms with E-state index < -0.39 is 16.6 Å². The van der Waals surface area contributed by atoms with Gasteiger partial charge in [0.05, 0.1) is 13.2 Å². The first kappa shape index (κ1) is 23.9. The van der Waals surface area contributed by atoms with Crippen LogP contribution in [-0.2, 0) is 8.85 Å². The summed E-state index contributed by atoms with van der Waals surface area (Å²) in [5, 5.41) is 0.458. The normalized spacial score (nSPS) is 14.3. The fraction of sp³-hybridized carbons (Fsp3) is 1.00. The fourth-order valence-corrected chi connectivity index (χ4v) is 3.24. The minimum Gasteiger partial charge on any atom is -0.415 e. The largest absolute Gasteiger partial charge is 0.415 e. The smallest absolute Gasteiger partial charge is 0.192 e. The zero-order chi connectivity index (χ0) is 16.4. The van der Waals surface area contributed by atoms with Gasteiger partial charge in [-0.2, -0.15) is 0 Å².